The van der Waals surface area contributed by atoms with Gasteiger partial charge < -0.3 is 21.3 Å². The fourth-order valence-corrected chi connectivity index (χ4v) is 1.15. The Morgan fingerprint density at radius 2 is 2.07 bits per heavy atom. The molecule has 7 heteroatoms. The van der Waals surface area contributed by atoms with Crippen LogP contribution in [0.2, 0.25) is 0 Å². The van der Waals surface area contributed by atoms with Crippen molar-refractivity contribution in [3.63, 3.8) is 0 Å². The largest absolute Gasteiger partial charge is 0.394 e. The fraction of sp³-hybridized carbons (Fsp3) is 0.429. The zero-order valence-electron chi connectivity index (χ0n) is 7.31. The maximum Gasteiger partial charge on any atom is 0.146 e. The van der Waals surface area contributed by atoms with Gasteiger partial charge >= 0.3 is 0 Å². The summed E-state index contributed by atoms with van der Waals surface area (Å²) >= 11 is 3.19. The second-order valence-corrected chi connectivity index (χ2v) is 3.42. The van der Waals surface area contributed by atoms with Crippen molar-refractivity contribution >= 4 is 27.6 Å². The molecule has 0 bridgehead atoms. The smallest absolute Gasteiger partial charge is 0.146 e. The number of halogens is 1. The van der Waals surface area contributed by atoms with Gasteiger partial charge in [-0.25, -0.2) is 9.97 Å². The van der Waals surface area contributed by atoms with Gasteiger partial charge in [0.25, 0.3) is 0 Å². The van der Waals surface area contributed by atoms with E-state index >= 15 is 0 Å². The number of hydrogen-bond donors (Lipinski definition) is 4. The SMILES string of the molecule is Nc1ncnc(NC(CO)CO)c1Br. The lowest BCUT2D eigenvalue weighted by Gasteiger charge is -2.14. The highest BCUT2D eigenvalue weighted by Crippen LogP contribution is 2.24. The molecule has 0 saturated carbocycles. The van der Waals surface area contributed by atoms with Crippen molar-refractivity contribution < 1.29 is 10.2 Å². The van der Waals surface area contributed by atoms with E-state index in [9.17, 15) is 0 Å². The molecule has 0 aliphatic heterocycles. The van der Waals surface area contributed by atoms with Crippen LogP contribution in [-0.4, -0.2) is 39.4 Å². The second-order valence-electron chi connectivity index (χ2n) is 2.63. The number of hydrogen-bond acceptors (Lipinski definition) is 6. The first-order valence-electron chi connectivity index (χ1n) is 3.93. The third-order valence-corrected chi connectivity index (χ3v) is 2.38. The van der Waals surface area contributed by atoms with Gasteiger partial charge in [0.05, 0.1) is 19.3 Å². The first kappa shape index (κ1) is 11.2. The normalized spacial score (nSPS) is 10.6. The van der Waals surface area contributed by atoms with E-state index in [1.54, 1.807) is 0 Å². The molecule has 0 unspecified atom stereocenters. The molecule has 78 valence electrons. The zero-order chi connectivity index (χ0) is 10.6. The first-order valence-corrected chi connectivity index (χ1v) is 4.72. The number of nitrogens with zero attached hydrogens (tertiary/aromatic N) is 2. The molecule has 0 aliphatic rings. The average molecular weight is 263 g/mol. The van der Waals surface area contributed by atoms with Gasteiger partial charge in [0.15, 0.2) is 0 Å². The predicted octanol–water partition coefficient (Wildman–Crippen LogP) is -0.414. The quantitative estimate of drug-likeness (QED) is 0.588. The van der Waals surface area contributed by atoms with Crippen LogP contribution in [0.5, 0.6) is 0 Å². The summed E-state index contributed by atoms with van der Waals surface area (Å²) < 4.78 is 0.520. The van der Waals surface area contributed by atoms with Gasteiger partial charge in [0.2, 0.25) is 0 Å². The summed E-state index contributed by atoms with van der Waals surface area (Å²) in [5.41, 5.74) is 5.52. The van der Waals surface area contributed by atoms with Crippen molar-refractivity contribution in [1.29, 1.82) is 0 Å². The summed E-state index contributed by atoms with van der Waals surface area (Å²) in [5, 5.41) is 20.5. The van der Waals surface area contributed by atoms with Gasteiger partial charge in [-0.3, -0.25) is 0 Å². The topological polar surface area (TPSA) is 104 Å². The van der Waals surface area contributed by atoms with Crippen LogP contribution in [-0.2, 0) is 0 Å². The Labute approximate surface area is 89.3 Å². The third-order valence-electron chi connectivity index (χ3n) is 1.60. The Morgan fingerprint density at radius 3 is 2.64 bits per heavy atom. The number of anilines is 2. The second kappa shape index (κ2) is 5.08. The van der Waals surface area contributed by atoms with Crippen molar-refractivity contribution in [3.8, 4) is 0 Å². The number of rotatable bonds is 4. The van der Waals surface area contributed by atoms with Crippen LogP contribution in [0.4, 0.5) is 11.6 Å². The lowest BCUT2D eigenvalue weighted by atomic mass is 10.3. The molecule has 0 radical (unpaired) electrons. The lowest BCUT2D eigenvalue weighted by Crippen LogP contribution is -2.28. The van der Waals surface area contributed by atoms with Crippen LogP contribution in [0.25, 0.3) is 0 Å². The molecule has 5 N–H and O–H groups in total. The summed E-state index contributed by atoms with van der Waals surface area (Å²) in [6, 6.07) is -0.458. The van der Waals surface area contributed by atoms with Crippen molar-refractivity contribution in [2.24, 2.45) is 0 Å². The molecule has 0 spiro atoms. The van der Waals surface area contributed by atoms with Gasteiger partial charge in [-0.15, -0.1) is 0 Å². The minimum Gasteiger partial charge on any atom is -0.394 e. The average Bonchev–Trinajstić information content (AvgIpc) is 2.20. The van der Waals surface area contributed by atoms with Crippen molar-refractivity contribution in [3.05, 3.63) is 10.8 Å². The molecule has 1 heterocycles. The predicted molar refractivity (Wildman–Crippen MR) is 55.7 cm³/mol. The van der Waals surface area contributed by atoms with E-state index in [-0.39, 0.29) is 13.2 Å². The standard InChI is InChI=1S/C7H11BrN4O2/c8-5-6(9)10-3-11-7(5)12-4(1-13)2-14/h3-4,13-14H,1-2H2,(H3,9,10,11,12). The Morgan fingerprint density at radius 1 is 1.43 bits per heavy atom. The molecule has 0 amide bonds. The van der Waals surface area contributed by atoms with E-state index in [4.69, 9.17) is 15.9 Å². The number of aromatic nitrogens is 2. The number of nitrogens with one attached hydrogen (secondary N) is 1. The van der Waals surface area contributed by atoms with Crippen LogP contribution >= 0.6 is 15.9 Å². The number of aliphatic hydroxyl groups is 2. The van der Waals surface area contributed by atoms with Crippen molar-refractivity contribution in [1.82, 2.24) is 9.97 Å². The van der Waals surface area contributed by atoms with Crippen LogP contribution in [0.15, 0.2) is 10.8 Å². The lowest BCUT2D eigenvalue weighted by molar-refractivity contribution is 0.203. The third kappa shape index (κ3) is 2.53. The van der Waals surface area contributed by atoms with Gasteiger partial charge in [-0.2, -0.15) is 0 Å². The first-order chi connectivity index (χ1) is 6.69. The van der Waals surface area contributed by atoms with E-state index < -0.39 is 6.04 Å². The number of aliphatic hydroxyl groups excluding tert-OH is 2. The minimum atomic E-state index is -0.458. The summed E-state index contributed by atoms with van der Waals surface area (Å²) in [5.74, 6) is 0.753. The zero-order valence-corrected chi connectivity index (χ0v) is 8.90. The van der Waals surface area contributed by atoms with Crippen molar-refractivity contribution in [2.45, 2.75) is 6.04 Å². The Kier molecular flexibility index (Phi) is 4.05. The van der Waals surface area contributed by atoms with Crippen LogP contribution in [0.3, 0.4) is 0 Å². The van der Waals surface area contributed by atoms with Gasteiger partial charge in [-0.05, 0) is 15.9 Å². The Balaban J connectivity index is 2.80. The van der Waals surface area contributed by atoms with Gasteiger partial charge in [0, 0.05) is 0 Å². The summed E-state index contributed by atoms with van der Waals surface area (Å²) in [6.45, 7) is -0.375. The number of nitrogens with two attached hydrogens (primary N) is 1. The summed E-state index contributed by atoms with van der Waals surface area (Å²) in [4.78, 5) is 7.66. The van der Waals surface area contributed by atoms with E-state index in [2.05, 4.69) is 31.2 Å². The highest BCUT2D eigenvalue weighted by Gasteiger charge is 2.10. The molecule has 0 aliphatic carbocycles. The molecule has 0 aromatic carbocycles. The molecule has 0 fully saturated rings. The fourth-order valence-electron chi connectivity index (χ4n) is 0.826. The molecule has 1 aromatic rings. The molecule has 0 atom stereocenters. The van der Waals surface area contributed by atoms with Crippen LogP contribution in [0.1, 0.15) is 0 Å². The van der Waals surface area contributed by atoms with E-state index in [1.165, 1.54) is 6.33 Å². The highest BCUT2D eigenvalue weighted by atomic mass is 79.9. The van der Waals surface area contributed by atoms with Crippen molar-refractivity contribution in [2.75, 3.05) is 24.3 Å². The van der Waals surface area contributed by atoms with Crippen LogP contribution in [0, 0.1) is 0 Å². The van der Waals surface area contributed by atoms with Gasteiger partial charge in [-0.1, -0.05) is 0 Å². The monoisotopic (exact) mass is 262 g/mol. The molecule has 1 rings (SSSR count). The number of nitrogen functional groups attached to an aromatic ring is 1. The van der Waals surface area contributed by atoms with E-state index in [1.807, 2.05) is 0 Å². The molecule has 0 saturated heterocycles. The minimum absolute atomic E-state index is 0.188. The van der Waals surface area contributed by atoms with Crippen LogP contribution < -0.4 is 11.1 Å². The summed E-state index contributed by atoms with van der Waals surface area (Å²) in [6.07, 6.45) is 1.30. The Hall–Kier alpha value is -0.920. The van der Waals surface area contributed by atoms with Gasteiger partial charge in [0.1, 0.15) is 22.4 Å². The van der Waals surface area contributed by atoms with E-state index in [0.29, 0.717) is 16.1 Å². The molecule has 6 nitrogen and oxygen atoms in total. The molecule has 14 heavy (non-hydrogen) atoms. The maximum atomic E-state index is 8.84. The summed E-state index contributed by atoms with van der Waals surface area (Å²) in [7, 11) is 0. The maximum absolute atomic E-state index is 8.84. The molecular weight excluding hydrogens is 252 g/mol. The molecular formula is C7H11BrN4O2. The van der Waals surface area contributed by atoms with E-state index in [0.717, 1.165) is 0 Å². The molecule has 1 aromatic heterocycles. The Bertz CT molecular complexity index is 306. The highest BCUT2D eigenvalue weighted by molar-refractivity contribution is 9.10.